The van der Waals surface area contributed by atoms with Gasteiger partial charge in [0, 0.05) is 16.1 Å². The minimum Gasteiger partial charge on any atom is -0.394 e. The van der Waals surface area contributed by atoms with Gasteiger partial charge in [-0.25, -0.2) is 0 Å². The van der Waals surface area contributed by atoms with Crippen LogP contribution in [0.1, 0.15) is 5.56 Å². The lowest BCUT2D eigenvalue weighted by atomic mass is 9.89. The van der Waals surface area contributed by atoms with Crippen LogP contribution in [0.5, 0.6) is 0 Å². The van der Waals surface area contributed by atoms with Crippen molar-refractivity contribution in [2.45, 2.75) is 43.0 Å². The zero-order chi connectivity index (χ0) is 16.4. The number of halogens is 2. The molecule has 2 rings (SSSR count). The second-order valence-electron chi connectivity index (χ2n) is 5.40. The van der Waals surface area contributed by atoms with E-state index in [0.717, 1.165) is 5.56 Å². The molecule has 6 atom stereocenters. The van der Waals surface area contributed by atoms with Crippen LogP contribution in [0, 0.1) is 0 Å². The van der Waals surface area contributed by atoms with Crippen LogP contribution in [0.2, 0.25) is 10.0 Å². The van der Waals surface area contributed by atoms with E-state index in [1.165, 1.54) is 0 Å². The van der Waals surface area contributed by atoms with E-state index in [2.05, 4.69) is 0 Å². The van der Waals surface area contributed by atoms with Gasteiger partial charge in [0.15, 0.2) is 0 Å². The van der Waals surface area contributed by atoms with Crippen LogP contribution in [-0.2, 0) is 11.2 Å². The van der Waals surface area contributed by atoms with Gasteiger partial charge in [-0.2, -0.15) is 0 Å². The zero-order valence-corrected chi connectivity index (χ0v) is 13.2. The number of hydrogen-bond acceptors (Lipinski definition) is 6. The molecule has 0 bridgehead atoms. The van der Waals surface area contributed by atoms with E-state index < -0.39 is 43.2 Å². The zero-order valence-electron chi connectivity index (χ0n) is 11.6. The smallest absolute Gasteiger partial charge is 0.111 e. The summed E-state index contributed by atoms with van der Waals surface area (Å²) in [5.41, 5.74) is 6.77. The van der Waals surface area contributed by atoms with E-state index in [9.17, 15) is 20.4 Å². The molecule has 8 heteroatoms. The van der Waals surface area contributed by atoms with Crippen molar-refractivity contribution in [2.24, 2.45) is 5.73 Å². The Morgan fingerprint density at radius 3 is 2.41 bits per heavy atom. The van der Waals surface area contributed by atoms with Crippen LogP contribution in [-0.4, -0.2) is 63.6 Å². The minimum atomic E-state index is -1.44. The van der Waals surface area contributed by atoms with Gasteiger partial charge in [-0.05, 0) is 24.1 Å². The first-order valence-electron chi connectivity index (χ1n) is 6.85. The molecule has 1 saturated heterocycles. The van der Waals surface area contributed by atoms with Gasteiger partial charge in [-0.3, -0.25) is 0 Å². The Morgan fingerprint density at radius 2 is 1.82 bits per heavy atom. The Morgan fingerprint density at radius 1 is 1.14 bits per heavy atom. The fourth-order valence-electron chi connectivity index (χ4n) is 2.54. The molecule has 6 N–H and O–H groups in total. The Labute approximate surface area is 138 Å². The number of rotatable bonds is 4. The van der Waals surface area contributed by atoms with Crippen molar-refractivity contribution in [3.63, 3.8) is 0 Å². The summed E-state index contributed by atoms with van der Waals surface area (Å²) in [6.07, 6.45) is -5.85. The molecule has 1 heterocycles. The van der Waals surface area contributed by atoms with E-state index in [0.29, 0.717) is 10.0 Å². The monoisotopic (exact) mass is 351 g/mol. The van der Waals surface area contributed by atoms with Crippen LogP contribution in [0.15, 0.2) is 18.2 Å². The minimum absolute atomic E-state index is 0.276. The lowest BCUT2D eigenvalue weighted by Gasteiger charge is -2.42. The molecule has 1 aliphatic rings. The molecule has 22 heavy (non-hydrogen) atoms. The number of aliphatic hydroxyl groups excluding tert-OH is 4. The maximum Gasteiger partial charge on any atom is 0.111 e. The summed E-state index contributed by atoms with van der Waals surface area (Å²) < 4.78 is 5.42. The topological polar surface area (TPSA) is 116 Å². The lowest BCUT2D eigenvalue weighted by molar-refractivity contribution is -0.233. The summed E-state index contributed by atoms with van der Waals surface area (Å²) >= 11 is 11.9. The van der Waals surface area contributed by atoms with E-state index >= 15 is 0 Å². The van der Waals surface area contributed by atoms with Crippen LogP contribution < -0.4 is 5.73 Å². The number of hydrogen-bond donors (Lipinski definition) is 5. The second-order valence-corrected chi connectivity index (χ2v) is 6.24. The molecule has 6 nitrogen and oxygen atoms in total. The molecule has 1 aromatic carbocycles. The molecule has 0 aliphatic carbocycles. The number of aliphatic hydroxyl groups is 4. The predicted molar refractivity (Wildman–Crippen MR) is 81.9 cm³/mol. The van der Waals surface area contributed by atoms with E-state index in [1.807, 2.05) is 0 Å². The molecule has 0 aromatic heterocycles. The van der Waals surface area contributed by atoms with Gasteiger partial charge in [-0.1, -0.05) is 29.3 Å². The highest BCUT2D eigenvalue weighted by atomic mass is 35.5. The Hall–Kier alpha value is -0.440. The maximum absolute atomic E-state index is 10.0. The highest BCUT2D eigenvalue weighted by Gasteiger charge is 2.45. The van der Waals surface area contributed by atoms with Crippen molar-refractivity contribution in [3.8, 4) is 0 Å². The third kappa shape index (κ3) is 3.72. The number of nitrogens with two attached hydrogens (primary N) is 1. The molecular weight excluding hydrogens is 333 g/mol. The van der Waals surface area contributed by atoms with Crippen LogP contribution >= 0.6 is 23.2 Å². The van der Waals surface area contributed by atoms with Crippen LogP contribution in [0.25, 0.3) is 0 Å². The molecule has 0 saturated carbocycles. The van der Waals surface area contributed by atoms with E-state index in [4.69, 9.17) is 33.7 Å². The van der Waals surface area contributed by atoms with Crippen molar-refractivity contribution >= 4 is 23.2 Å². The number of ether oxygens (including phenoxy) is 1. The summed E-state index contributed by atoms with van der Waals surface area (Å²) in [5, 5.41) is 39.7. The Kier molecular flexibility index (Phi) is 6.04. The molecule has 0 spiro atoms. The van der Waals surface area contributed by atoms with Crippen molar-refractivity contribution in [3.05, 3.63) is 33.8 Å². The molecular formula is C14H19Cl2NO5. The number of benzene rings is 1. The van der Waals surface area contributed by atoms with Crippen molar-refractivity contribution < 1.29 is 25.2 Å². The van der Waals surface area contributed by atoms with E-state index in [-0.39, 0.29) is 6.42 Å². The summed E-state index contributed by atoms with van der Waals surface area (Å²) in [7, 11) is 0. The van der Waals surface area contributed by atoms with Crippen molar-refractivity contribution in [1.29, 1.82) is 0 Å². The standard InChI is InChI=1S/C14H19Cl2NO5/c15-7-2-1-6(8(16)4-7)3-9(17)14-13(21)12(20)11(19)10(5-18)22-14/h1-2,4,9-14,18-21H,3,5,17H2/t9?,10-,11-,12+,13-,14+/m1/s1. The fourth-order valence-corrected chi connectivity index (χ4v) is 3.03. The SMILES string of the molecule is NC(Cc1ccc(Cl)cc1Cl)[C@@H]1O[C@H](CO)[C@@H](O)[C@H](O)[C@H]1O. The molecule has 0 amide bonds. The molecule has 1 aliphatic heterocycles. The first kappa shape index (κ1) is 17.9. The highest BCUT2D eigenvalue weighted by molar-refractivity contribution is 6.35. The molecule has 0 radical (unpaired) electrons. The summed E-state index contributed by atoms with van der Waals surface area (Å²) in [5.74, 6) is 0. The Bertz CT molecular complexity index is 516. The van der Waals surface area contributed by atoms with Gasteiger partial charge >= 0.3 is 0 Å². The van der Waals surface area contributed by atoms with Gasteiger partial charge in [0.05, 0.1) is 6.61 Å². The van der Waals surface area contributed by atoms with Gasteiger partial charge < -0.3 is 30.9 Å². The van der Waals surface area contributed by atoms with Gasteiger partial charge in [0.2, 0.25) is 0 Å². The van der Waals surface area contributed by atoms with Crippen molar-refractivity contribution in [2.75, 3.05) is 6.61 Å². The average molecular weight is 352 g/mol. The second kappa shape index (κ2) is 7.42. The predicted octanol–water partition coefficient (Wildman–Crippen LogP) is -0.294. The van der Waals surface area contributed by atoms with Crippen molar-refractivity contribution in [1.82, 2.24) is 0 Å². The summed E-state index contributed by atoms with van der Waals surface area (Å²) in [6, 6.07) is 4.28. The fraction of sp³-hybridized carbons (Fsp3) is 0.571. The summed E-state index contributed by atoms with van der Waals surface area (Å²) in [6.45, 7) is -0.490. The third-order valence-electron chi connectivity index (χ3n) is 3.82. The maximum atomic E-state index is 10.0. The first-order chi connectivity index (χ1) is 10.3. The third-order valence-corrected chi connectivity index (χ3v) is 4.41. The molecule has 1 fully saturated rings. The lowest BCUT2D eigenvalue weighted by Crippen LogP contribution is -2.63. The molecule has 124 valence electrons. The van der Waals surface area contributed by atoms with Gasteiger partial charge in [0.25, 0.3) is 0 Å². The largest absolute Gasteiger partial charge is 0.394 e. The average Bonchev–Trinajstić information content (AvgIpc) is 2.48. The van der Waals surface area contributed by atoms with Crippen LogP contribution in [0.4, 0.5) is 0 Å². The normalized spacial score (nSPS) is 33.7. The van der Waals surface area contributed by atoms with Gasteiger partial charge in [-0.15, -0.1) is 0 Å². The highest BCUT2D eigenvalue weighted by Crippen LogP contribution is 2.26. The molecule has 1 unspecified atom stereocenters. The quantitative estimate of drug-likeness (QED) is 0.508. The first-order valence-corrected chi connectivity index (χ1v) is 7.60. The van der Waals surface area contributed by atoms with Gasteiger partial charge in [0.1, 0.15) is 30.5 Å². The van der Waals surface area contributed by atoms with Crippen LogP contribution in [0.3, 0.4) is 0 Å². The molecule has 1 aromatic rings. The summed E-state index contributed by atoms with van der Waals surface area (Å²) in [4.78, 5) is 0. The van der Waals surface area contributed by atoms with E-state index in [1.54, 1.807) is 18.2 Å². The Balaban J connectivity index is 2.12.